The van der Waals surface area contributed by atoms with E-state index in [1.165, 1.54) is 0 Å². The Morgan fingerprint density at radius 1 is 1.24 bits per heavy atom. The number of carbonyl (C=O) groups is 3. The van der Waals surface area contributed by atoms with Crippen molar-refractivity contribution in [2.45, 2.75) is 44.9 Å². The summed E-state index contributed by atoms with van der Waals surface area (Å²) in [6, 6.07) is 0.996. The molecule has 14 nitrogen and oxygen atoms in total. The van der Waals surface area contributed by atoms with Crippen LogP contribution in [0.2, 0.25) is 0 Å². The molecular formula is C15H17N5O9. The van der Waals surface area contributed by atoms with E-state index in [1.807, 2.05) is 4.98 Å². The molecule has 1 fully saturated rings. The van der Waals surface area contributed by atoms with Gasteiger partial charge in [-0.2, -0.15) is 0 Å². The summed E-state index contributed by atoms with van der Waals surface area (Å²) in [5, 5.41) is 3.47. The maximum atomic E-state index is 12.2. The van der Waals surface area contributed by atoms with E-state index in [9.17, 15) is 24.0 Å². The number of aromatic nitrogens is 2. The molecular weight excluding hydrogens is 394 g/mol. The summed E-state index contributed by atoms with van der Waals surface area (Å²) in [4.78, 5) is 62.7. The van der Waals surface area contributed by atoms with E-state index in [0.717, 1.165) is 37.6 Å². The minimum atomic E-state index is -2.16. The van der Waals surface area contributed by atoms with Gasteiger partial charge in [0.25, 0.3) is 5.56 Å². The summed E-state index contributed by atoms with van der Waals surface area (Å²) in [5.41, 5.74) is 5.20. The number of azide groups is 1. The number of nitrogens with one attached hydrogen (secondary N) is 1. The fourth-order valence-electron chi connectivity index (χ4n) is 2.75. The van der Waals surface area contributed by atoms with Gasteiger partial charge in [-0.25, -0.2) is 4.79 Å². The summed E-state index contributed by atoms with van der Waals surface area (Å²) in [5.74, 6) is -2.45. The monoisotopic (exact) mass is 411 g/mol. The molecule has 0 amide bonds. The van der Waals surface area contributed by atoms with Crippen LogP contribution < -0.4 is 11.2 Å². The number of ether oxygens (including phenoxy) is 4. The molecule has 0 aromatic carbocycles. The Bertz CT molecular complexity index is 979. The predicted octanol–water partition coefficient (Wildman–Crippen LogP) is -0.501. The Balaban J connectivity index is 2.65. The second kappa shape index (κ2) is 8.58. The Hall–Kier alpha value is -3.64. The first-order valence-electron chi connectivity index (χ1n) is 8.13. The lowest BCUT2D eigenvalue weighted by atomic mass is 10.0. The molecule has 4 atom stereocenters. The zero-order valence-corrected chi connectivity index (χ0v) is 15.6. The normalized spacial score (nSPS) is 25.6. The number of hydrogen-bond donors (Lipinski definition) is 1. The fraction of sp³-hybridized carbons (Fsp3) is 0.533. The second-order valence-corrected chi connectivity index (χ2v) is 5.94. The number of carbonyl (C=O) groups excluding carboxylic acids is 3. The average molecular weight is 411 g/mol. The van der Waals surface area contributed by atoms with Crippen molar-refractivity contribution in [3.63, 3.8) is 0 Å². The van der Waals surface area contributed by atoms with Crippen LogP contribution in [0.15, 0.2) is 27.0 Å². The maximum Gasteiger partial charge on any atom is 0.330 e. The van der Waals surface area contributed by atoms with Gasteiger partial charge in [0.15, 0.2) is 18.4 Å². The van der Waals surface area contributed by atoms with E-state index in [1.54, 1.807) is 0 Å². The number of rotatable bonds is 6. The molecule has 2 unspecified atom stereocenters. The standard InChI is InChI=1S/C15H17N5O9/c1-7(21)26-6-15(18-19-16)12(28-9(3)23)11(27-8(2)22)13(29-15)20-5-4-10(24)17-14(20)25/h4-5,11-13H,6H2,1-3H3,(H,17,24,25)/t11?,12-,13?,15-/m1/s1. The molecule has 0 aliphatic carbocycles. The highest BCUT2D eigenvalue weighted by molar-refractivity contribution is 5.68. The predicted molar refractivity (Wildman–Crippen MR) is 91.1 cm³/mol. The Morgan fingerprint density at radius 3 is 2.41 bits per heavy atom. The van der Waals surface area contributed by atoms with Gasteiger partial charge < -0.3 is 18.9 Å². The zero-order chi connectivity index (χ0) is 21.8. The van der Waals surface area contributed by atoms with Crippen LogP contribution in [-0.2, 0) is 33.3 Å². The van der Waals surface area contributed by atoms with Gasteiger partial charge in [-0.05, 0) is 5.53 Å². The number of nitrogens with zero attached hydrogens (tertiary/aromatic N) is 4. The van der Waals surface area contributed by atoms with Crippen molar-refractivity contribution >= 4 is 17.9 Å². The van der Waals surface area contributed by atoms with Gasteiger partial charge in [0.2, 0.25) is 5.72 Å². The van der Waals surface area contributed by atoms with Gasteiger partial charge in [-0.15, -0.1) is 0 Å². The van der Waals surface area contributed by atoms with Crippen molar-refractivity contribution in [2.75, 3.05) is 6.61 Å². The molecule has 0 spiro atoms. The van der Waals surface area contributed by atoms with Crippen LogP contribution in [-0.4, -0.2) is 52.0 Å². The van der Waals surface area contributed by atoms with Crippen LogP contribution in [0.25, 0.3) is 10.4 Å². The molecule has 29 heavy (non-hydrogen) atoms. The van der Waals surface area contributed by atoms with Crippen molar-refractivity contribution in [1.82, 2.24) is 9.55 Å². The van der Waals surface area contributed by atoms with Crippen LogP contribution in [0, 0.1) is 0 Å². The highest BCUT2D eigenvalue weighted by atomic mass is 16.7. The molecule has 1 aliphatic rings. The highest BCUT2D eigenvalue weighted by Gasteiger charge is 2.61. The highest BCUT2D eigenvalue weighted by Crippen LogP contribution is 2.42. The first kappa shape index (κ1) is 21.7. The lowest BCUT2D eigenvalue weighted by Gasteiger charge is -2.29. The number of aromatic amines is 1. The van der Waals surface area contributed by atoms with Crippen LogP contribution in [0.1, 0.15) is 27.0 Å². The van der Waals surface area contributed by atoms with Crippen LogP contribution in [0.4, 0.5) is 0 Å². The summed E-state index contributed by atoms with van der Waals surface area (Å²) in [6.45, 7) is 2.46. The molecule has 2 rings (SSSR count). The molecule has 156 valence electrons. The summed E-state index contributed by atoms with van der Waals surface area (Å²) < 4.78 is 21.7. The molecule has 1 aromatic heterocycles. The lowest BCUT2D eigenvalue weighted by Crippen LogP contribution is -2.49. The Morgan fingerprint density at radius 2 is 1.90 bits per heavy atom. The van der Waals surface area contributed by atoms with Crippen molar-refractivity contribution in [1.29, 1.82) is 0 Å². The topological polar surface area (TPSA) is 192 Å². The molecule has 1 aromatic rings. The van der Waals surface area contributed by atoms with Crippen LogP contribution in [0.5, 0.6) is 0 Å². The molecule has 2 heterocycles. The minimum Gasteiger partial charge on any atom is -0.462 e. The third-order valence-electron chi connectivity index (χ3n) is 3.77. The molecule has 14 heteroatoms. The minimum absolute atomic E-state index is 0.703. The summed E-state index contributed by atoms with van der Waals surface area (Å²) in [7, 11) is 0. The summed E-state index contributed by atoms with van der Waals surface area (Å²) in [6.07, 6.45) is -3.51. The van der Waals surface area contributed by atoms with Gasteiger partial charge in [0.1, 0.15) is 6.61 Å². The maximum absolute atomic E-state index is 12.2. The van der Waals surface area contributed by atoms with Crippen molar-refractivity contribution in [2.24, 2.45) is 5.11 Å². The molecule has 1 saturated heterocycles. The van der Waals surface area contributed by atoms with Gasteiger partial charge in [0.05, 0.1) is 0 Å². The van der Waals surface area contributed by atoms with Gasteiger partial charge >= 0.3 is 23.6 Å². The van der Waals surface area contributed by atoms with Crippen molar-refractivity contribution in [3.05, 3.63) is 43.5 Å². The van der Waals surface area contributed by atoms with Crippen LogP contribution in [0.3, 0.4) is 0 Å². The van der Waals surface area contributed by atoms with Crippen molar-refractivity contribution < 1.29 is 33.3 Å². The zero-order valence-electron chi connectivity index (χ0n) is 15.6. The van der Waals surface area contributed by atoms with Gasteiger partial charge in [0, 0.05) is 37.9 Å². The van der Waals surface area contributed by atoms with E-state index in [-0.39, 0.29) is 0 Å². The number of hydrogen-bond acceptors (Lipinski definition) is 10. The van der Waals surface area contributed by atoms with E-state index < -0.39 is 59.9 Å². The van der Waals surface area contributed by atoms with E-state index in [2.05, 4.69) is 10.0 Å². The lowest BCUT2D eigenvalue weighted by molar-refractivity contribution is -0.176. The number of H-pyrrole nitrogens is 1. The first-order valence-corrected chi connectivity index (χ1v) is 8.13. The summed E-state index contributed by atoms with van der Waals surface area (Å²) >= 11 is 0. The first-order chi connectivity index (χ1) is 13.6. The molecule has 0 saturated carbocycles. The largest absolute Gasteiger partial charge is 0.462 e. The van der Waals surface area contributed by atoms with Crippen LogP contribution >= 0.6 is 0 Å². The van der Waals surface area contributed by atoms with Crippen molar-refractivity contribution in [3.8, 4) is 0 Å². The van der Waals surface area contributed by atoms with E-state index >= 15 is 0 Å². The SMILES string of the molecule is CC(=O)OC[C@@]1(N=[N+]=[N-])OC(n2ccc(=O)[nH]c2=O)C(OC(C)=O)[C@H]1OC(C)=O. The van der Waals surface area contributed by atoms with E-state index in [4.69, 9.17) is 24.5 Å². The Kier molecular flexibility index (Phi) is 6.41. The van der Waals surface area contributed by atoms with Gasteiger partial charge in [-0.3, -0.25) is 28.7 Å². The third kappa shape index (κ3) is 4.80. The third-order valence-corrected chi connectivity index (χ3v) is 3.77. The smallest absolute Gasteiger partial charge is 0.330 e. The second-order valence-electron chi connectivity index (χ2n) is 5.94. The van der Waals surface area contributed by atoms with Gasteiger partial charge in [-0.1, -0.05) is 5.11 Å². The van der Waals surface area contributed by atoms with E-state index in [0.29, 0.717) is 0 Å². The fourth-order valence-corrected chi connectivity index (χ4v) is 2.75. The molecule has 0 radical (unpaired) electrons. The Labute approximate surface area is 161 Å². The average Bonchev–Trinajstić information content (AvgIpc) is 2.87. The quantitative estimate of drug-likeness (QED) is 0.211. The molecule has 1 aliphatic heterocycles. The molecule has 1 N–H and O–H groups in total. The number of esters is 3. The molecule has 0 bridgehead atoms.